The summed E-state index contributed by atoms with van der Waals surface area (Å²) >= 11 is 0. The van der Waals surface area contributed by atoms with Gasteiger partial charge in [0.15, 0.2) is 0 Å². The monoisotopic (exact) mass is 346 g/mol. The molecule has 0 amide bonds. The van der Waals surface area contributed by atoms with Crippen LogP contribution in [0.2, 0.25) is 0 Å². The SMILES string of the molecule is CCOCc1cccc(S(=O)(=O)Nc2cccc3c2CN(C)C3)c1. The van der Waals surface area contributed by atoms with E-state index in [-0.39, 0.29) is 4.90 Å². The normalized spacial score (nSPS) is 14.6. The van der Waals surface area contributed by atoms with Gasteiger partial charge in [-0.2, -0.15) is 0 Å². The maximum Gasteiger partial charge on any atom is 0.261 e. The highest BCUT2D eigenvalue weighted by atomic mass is 32.2. The Morgan fingerprint density at radius 1 is 1.17 bits per heavy atom. The number of hydrogen-bond donors (Lipinski definition) is 1. The van der Waals surface area contributed by atoms with E-state index < -0.39 is 10.0 Å². The molecule has 0 fully saturated rings. The topological polar surface area (TPSA) is 58.6 Å². The molecule has 3 rings (SSSR count). The zero-order chi connectivity index (χ0) is 17.2. The van der Waals surface area contributed by atoms with Crippen molar-refractivity contribution in [1.29, 1.82) is 0 Å². The van der Waals surface area contributed by atoms with Gasteiger partial charge in [-0.25, -0.2) is 8.42 Å². The van der Waals surface area contributed by atoms with Crippen molar-refractivity contribution in [1.82, 2.24) is 4.90 Å². The molecule has 128 valence electrons. The molecule has 0 bridgehead atoms. The van der Waals surface area contributed by atoms with Crippen LogP contribution in [0.25, 0.3) is 0 Å². The van der Waals surface area contributed by atoms with Crippen LogP contribution < -0.4 is 4.72 Å². The number of rotatable bonds is 6. The molecular formula is C18H22N2O3S. The van der Waals surface area contributed by atoms with Crippen LogP contribution in [-0.4, -0.2) is 27.0 Å². The molecule has 5 nitrogen and oxygen atoms in total. The molecule has 0 aliphatic carbocycles. The molecule has 6 heteroatoms. The molecule has 1 aliphatic rings. The summed E-state index contributed by atoms with van der Waals surface area (Å²) in [5.41, 5.74) is 3.72. The van der Waals surface area contributed by atoms with Crippen molar-refractivity contribution < 1.29 is 13.2 Å². The van der Waals surface area contributed by atoms with Crippen LogP contribution in [0.1, 0.15) is 23.6 Å². The molecule has 1 aliphatic heterocycles. The van der Waals surface area contributed by atoms with Gasteiger partial charge in [0.1, 0.15) is 0 Å². The molecule has 2 aromatic carbocycles. The van der Waals surface area contributed by atoms with Crippen LogP contribution in [0.5, 0.6) is 0 Å². The first-order chi connectivity index (χ1) is 11.5. The number of sulfonamides is 1. The highest BCUT2D eigenvalue weighted by Gasteiger charge is 2.22. The lowest BCUT2D eigenvalue weighted by Gasteiger charge is -2.13. The van der Waals surface area contributed by atoms with Gasteiger partial charge in [0.2, 0.25) is 0 Å². The molecule has 0 aromatic heterocycles. The Morgan fingerprint density at radius 2 is 1.96 bits per heavy atom. The second-order valence-electron chi connectivity index (χ2n) is 6.01. The smallest absolute Gasteiger partial charge is 0.261 e. The van der Waals surface area contributed by atoms with Crippen LogP contribution in [0, 0.1) is 0 Å². The summed E-state index contributed by atoms with van der Waals surface area (Å²) in [6, 6.07) is 12.6. The third-order valence-electron chi connectivity index (χ3n) is 4.07. The minimum atomic E-state index is -3.62. The highest BCUT2D eigenvalue weighted by Crippen LogP contribution is 2.30. The van der Waals surface area contributed by atoms with Crippen molar-refractivity contribution in [3.05, 3.63) is 59.2 Å². The van der Waals surface area contributed by atoms with Crippen molar-refractivity contribution in [3.8, 4) is 0 Å². The summed E-state index contributed by atoms with van der Waals surface area (Å²) in [5.74, 6) is 0. The van der Waals surface area contributed by atoms with Gasteiger partial charge in [0.05, 0.1) is 17.2 Å². The number of anilines is 1. The molecule has 0 spiro atoms. The Morgan fingerprint density at radius 3 is 2.75 bits per heavy atom. The summed E-state index contributed by atoms with van der Waals surface area (Å²) in [6.45, 7) is 4.51. The number of nitrogens with zero attached hydrogens (tertiary/aromatic N) is 1. The number of nitrogens with one attached hydrogen (secondary N) is 1. The third-order valence-corrected chi connectivity index (χ3v) is 5.43. The molecule has 1 heterocycles. The van der Waals surface area contributed by atoms with Gasteiger partial charge in [0, 0.05) is 19.7 Å². The Balaban J connectivity index is 1.86. The van der Waals surface area contributed by atoms with Crippen molar-refractivity contribution in [3.63, 3.8) is 0 Å². The van der Waals surface area contributed by atoms with E-state index in [1.165, 1.54) is 5.56 Å². The fourth-order valence-corrected chi connectivity index (χ4v) is 4.07. The number of benzene rings is 2. The fourth-order valence-electron chi connectivity index (χ4n) is 2.91. The van der Waals surface area contributed by atoms with Gasteiger partial charge in [-0.1, -0.05) is 24.3 Å². The number of ether oxygens (including phenoxy) is 1. The summed E-state index contributed by atoms with van der Waals surface area (Å²) in [7, 11) is -1.60. The number of hydrogen-bond acceptors (Lipinski definition) is 4. The van der Waals surface area contributed by atoms with E-state index in [9.17, 15) is 8.42 Å². The number of fused-ring (bicyclic) bond motifs is 1. The van der Waals surface area contributed by atoms with Crippen LogP contribution in [0.4, 0.5) is 5.69 Å². The third kappa shape index (κ3) is 3.61. The van der Waals surface area contributed by atoms with E-state index >= 15 is 0 Å². The van der Waals surface area contributed by atoms with Crippen molar-refractivity contribution in [2.45, 2.75) is 31.5 Å². The predicted octanol–water partition coefficient (Wildman–Crippen LogP) is 2.97. The van der Waals surface area contributed by atoms with E-state index in [4.69, 9.17) is 4.74 Å². The second kappa shape index (κ2) is 6.93. The standard InChI is InChI=1S/C18H22N2O3S/c1-3-23-13-14-6-4-8-16(10-14)24(21,22)19-18-9-5-7-15-11-20(2)12-17(15)18/h4-10,19H,3,11-13H2,1-2H3. The van der Waals surface area contributed by atoms with E-state index in [0.29, 0.717) is 18.9 Å². The maximum atomic E-state index is 12.7. The largest absolute Gasteiger partial charge is 0.377 e. The summed E-state index contributed by atoms with van der Waals surface area (Å²) in [4.78, 5) is 2.41. The average Bonchev–Trinajstić information content (AvgIpc) is 2.94. The van der Waals surface area contributed by atoms with Crippen LogP contribution in [0.3, 0.4) is 0 Å². The van der Waals surface area contributed by atoms with Gasteiger partial charge < -0.3 is 4.74 Å². The molecule has 0 saturated carbocycles. The van der Waals surface area contributed by atoms with Crippen LogP contribution in [0.15, 0.2) is 47.4 Å². The molecule has 0 radical (unpaired) electrons. The first kappa shape index (κ1) is 17.0. The molecule has 24 heavy (non-hydrogen) atoms. The minimum absolute atomic E-state index is 0.253. The average molecular weight is 346 g/mol. The Labute approximate surface area is 143 Å². The molecule has 2 aromatic rings. The zero-order valence-corrected chi connectivity index (χ0v) is 14.8. The maximum absolute atomic E-state index is 12.7. The van der Waals surface area contributed by atoms with E-state index in [1.54, 1.807) is 18.2 Å². The second-order valence-corrected chi connectivity index (χ2v) is 7.69. The van der Waals surface area contributed by atoms with Gasteiger partial charge >= 0.3 is 0 Å². The van der Waals surface area contributed by atoms with Gasteiger partial charge in [-0.05, 0) is 48.9 Å². The van der Waals surface area contributed by atoms with Crippen molar-refractivity contribution >= 4 is 15.7 Å². The lowest BCUT2D eigenvalue weighted by atomic mass is 10.1. The van der Waals surface area contributed by atoms with Gasteiger partial charge in [-0.3, -0.25) is 9.62 Å². The van der Waals surface area contributed by atoms with E-state index in [2.05, 4.69) is 9.62 Å². The molecule has 0 unspecified atom stereocenters. The molecule has 0 saturated heterocycles. The summed E-state index contributed by atoms with van der Waals surface area (Å²) in [6.07, 6.45) is 0. The molecule has 0 atom stereocenters. The van der Waals surface area contributed by atoms with Crippen molar-refractivity contribution in [2.75, 3.05) is 18.4 Å². The van der Waals surface area contributed by atoms with E-state index in [0.717, 1.165) is 24.2 Å². The van der Waals surface area contributed by atoms with E-state index in [1.807, 2.05) is 38.2 Å². The lowest BCUT2D eigenvalue weighted by molar-refractivity contribution is 0.134. The first-order valence-corrected chi connectivity index (χ1v) is 9.46. The summed E-state index contributed by atoms with van der Waals surface area (Å²) < 4.78 is 33.6. The van der Waals surface area contributed by atoms with Gasteiger partial charge in [0.25, 0.3) is 10.0 Å². The lowest BCUT2D eigenvalue weighted by Crippen LogP contribution is -2.15. The Kier molecular flexibility index (Phi) is 4.89. The quantitative estimate of drug-likeness (QED) is 0.874. The predicted molar refractivity (Wildman–Crippen MR) is 94.2 cm³/mol. The Bertz CT molecular complexity index is 834. The molecular weight excluding hydrogens is 324 g/mol. The summed E-state index contributed by atoms with van der Waals surface area (Å²) in [5, 5.41) is 0. The van der Waals surface area contributed by atoms with Crippen LogP contribution >= 0.6 is 0 Å². The zero-order valence-electron chi connectivity index (χ0n) is 14.0. The van der Waals surface area contributed by atoms with Gasteiger partial charge in [-0.15, -0.1) is 0 Å². The highest BCUT2D eigenvalue weighted by molar-refractivity contribution is 7.92. The Hall–Kier alpha value is -1.89. The first-order valence-electron chi connectivity index (χ1n) is 7.98. The molecule has 1 N–H and O–H groups in total. The minimum Gasteiger partial charge on any atom is -0.377 e. The van der Waals surface area contributed by atoms with Crippen LogP contribution in [-0.2, 0) is 34.5 Å². The van der Waals surface area contributed by atoms with Crippen molar-refractivity contribution in [2.24, 2.45) is 0 Å². The fraction of sp³-hybridized carbons (Fsp3) is 0.333.